The van der Waals surface area contributed by atoms with Gasteiger partial charge in [-0.25, -0.2) is 0 Å². The van der Waals surface area contributed by atoms with E-state index in [4.69, 9.17) is 4.74 Å². The lowest BCUT2D eigenvalue weighted by molar-refractivity contribution is -0.149. The molecule has 1 aliphatic rings. The monoisotopic (exact) mass is 289 g/mol. The van der Waals surface area contributed by atoms with Gasteiger partial charge in [0, 0.05) is 13.1 Å². The maximum absolute atomic E-state index is 12.2. The second kappa shape index (κ2) is 7.25. The Morgan fingerprint density at radius 3 is 2.67 bits per heavy atom. The molecule has 1 aliphatic heterocycles. The molecule has 4 heteroatoms. The molecule has 0 N–H and O–H groups in total. The molecule has 4 nitrogen and oxygen atoms in total. The number of carbonyl (C=O) groups excluding carboxylic acids is 2. The van der Waals surface area contributed by atoms with E-state index >= 15 is 0 Å². The van der Waals surface area contributed by atoms with Crippen molar-refractivity contribution in [2.45, 2.75) is 26.7 Å². The van der Waals surface area contributed by atoms with Gasteiger partial charge in [0.2, 0.25) is 5.91 Å². The van der Waals surface area contributed by atoms with Crippen LogP contribution in [0.5, 0.6) is 0 Å². The van der Waals surface area contributed by atoms with Gasteiger partial charge in [-0.3, -0.25) is 9.59 Å². The second-order valence-corrected chi connectivity index (χ2v) is 6.01. The van der Waals surface area contributed by atoms with Gasteiger partial charge in [0.1, 0.15) is 0 Å². The van der Waals surface area contributed by atoms with Crippen LogP contribution in [0.15, 0.2) is 30.3 Å². The SMILES string of the molecule is CC(C)COC(=O)C1CCN(C(=O)Cc2ccccc2)C1. The number of carbonyl (C=O) groups is 2. The Balaban J connectivity index is 1.81. The fourth-order valence-electron chi connectivity index (χ4n) is 2.43. The van der Waals surface area contributed by atoms with Crippen molar-refractivity contribution in [3.63, 3.8) is 0 Å². The number of hydrogen-bond acceptors (Lipinski definition) is 3. The number of amides is 1. The molecule has 2 rings (SSSR count). The van der Waals surface area contributed by atoms with E-state index < -0.39 is 0 Å². The Bertz CT molecular complexity index is 484. The lowest BCUT2D eigenvalue weighted by atomic mass is 10.1. The molecule has 1 heterocycles. The number of benzene rings is 1. The highest BCUT2D eigenvalue weighted by atomic mass is 16.5. The van der Waals surface area contributed by atoms with Crippen LogP contribution in [0, 0.1) is 11.8 Å². The minimum atomic E-state index is -0.168. The van der Waals surface area contributed by atoms with E-state index in [2.05, 4.69) is 0 Å². The van der Waals surface area contributed by atoms with Crippen molar-refractivity contribution in [2.24, 2.45) is 11.8 Å². The summed E-state index contributed by atoms with van der Waals surface area (Å²) in [6.45, 7) is 5.61. The first-order valence-corrected chi connectivity index (χ1v) is 7.54. The number of rotatable bonds is 5. The average molecular weight is 289 g/mol. The third-order valence-corrected chi connectivity index (χ3v) is 3.63. The first-order valence-electron chi connectivity index (χ1n) is 7.54. The van der Waals surface area contributed by atoms with Gasteiger partial charge in [0.25, 0.3) is 0 Å². The molecule has 0 saturated carbocycles. The van der Waals surface area contributed by atoms with Gasteiger partial charge in [-0.15, -0.1) is 0 Å². The minimum absolute atomic E-state index is 0.0837. The van der Waals surface area contributed by atoms with Crippen molar-refractivity contribution in [3.8, 4) is 0 Å². The number of ether oxygens (including phenoxy) is 1. The van der Waals surface area contributed by atoms with Gasteiger partial charge in [0.05, 0.1) is 18.9 Å². The fraction of sp³-hybridized carbons (Fsp3) is 0.529. The maximum atomic E-state index is 12.2. The summed E-state index contributed by atoms with van der Waals surface area (Å²) in [5.74, 6) is 0.0914. The zero-order valence-electron chi connectivity index (χ0n) is 12.7. The molecule has 0 aliphatic carbocycles. The molecule has 1 atom stereocenters. The molecule has 1 aromatic rings. The Hall–Kier alpha value is -1.84. The second-order valence-electron chi connectivity index (χ2n) is 6.01. The summed E-state index contributed by atoms with van der Waals surface area (Å²) in [5, 5.41) is 0. The minimum Gasteiger partial charge on any atom is -0.465 e. The quantitative estimate of drug-likeness (QED) is 0.781. The van der Waals surface area contributed by atoms with Gasteiger partial charge >= 0.3 is 5.97 Å². The van der Waals surface area contributed by atoms with Gasteiger partial charge in [-0.1, -0.05) is 44.2 Å². The summed E-state index contributed by atoms with van der Waals surface area (Å²) in [6.07, 6.45) is 1.10. The van der Waals surface area contributed by atoms with Crippen LogP contribution in [0.3, 0.4) is 0 Å². The van der Waals surface area contributed by atoms with Crippen LogP contribution < -0.4 is 0 Å². The first-order chi connectivity index (χ1) is 10.1. The predicted octanol–water partition coefficient (Wildman–Crippen LogP) is 2.28. The molecule has 114 valence electrons. The standard InChI is InChI=1S/C17H23NO3/c1-13(2)12-21-17(20)15-8-9-18(11-15)16(19)10-14-6-4-3-5-7-14/h3-7,13,15H,8-12H2,1-2H3. The average Bonchev–Trinajstić information content (AvgIpc) is 2.95. The van der Waals surface area contributed by atoms with E-state index in [1.807, 2.05) is 44.2 Å². The summed E-state index contributed by atoms with van der Waals surface area (Å²) >= 11 is 0. The Labute approximate surface area is 126 Å². The lowest BCUT2D eigenvalue weighted by Crippen LogP contribution is -2.31. The van der Waals surface area contributed by atoms with Crippen molar-refractivity contribution in [3.05, 3.63) is 35.9 Å². The molecular formula is C17H23NO3. The zero-order chi connectivity index (χ0) is 15.2. The molecule has 1 amide bonds. The van der Waals surface area contributed by atoms with Crippen LogP contribution in [-0.2, 0) is 20.7 Å². The highest BCUT2D eigenvalue weighted by molar-refractivity contribution is 5.81. The van der Waals surface area contributed by atoms with E-state index in [1.165, 1.54) is 0 Å². The van der Waals surface area contributed by atoms with Crippen LogP contribution >= 0.6 is 0 Å². The molecule has 0 spiro atoms. The largest absolute Gasteiger partial charge is 0.465 e. The van der Waals surface area contributed by atoms with E-state index in [9.17, 15) is 9.59 Å². The highest BCUT2D eigenvalue weighted by Crippen LogP contribution is 2.19. The van der Waals surface area contributed by atoms with Gasteiger partial charge in [-0.2, -0.15) is 0 Å². The molecule has 1 unspecified atom stereocenters. The summed E-state index contributed by atoms with van der Waals surface area (Å²) in [6, 6.07) is 9.69. The van der Waals surface area contributed by atoms with E-state index in [1.54, 1.807) is 4.90 Å². The third-order valence-electron chi connectivity index (χ3n) is 3.63. The molecule has 0 bridgehead atoms. The summed E-state index contributed by atoms with van der Waals surface area (Å²) in [4.78, 5) is 25.9. The summed E-state index contributed by atoms with van der Waals surface area (Å²) in [7, 11) is 0. The van der Waals surface area contributed by atoms with Gasteiger partial charge in [0.15, 0.2) is 0 Å². The lowest BCUT2D eigenvalue weighted by Gasteiger charge is -2.16. The molecule has 1 fully saturated rings. The molecule has 1 aromatic carbocycles. The van der Waals surface area contributed by atoms with Crippen molar-refractivity contribution in [1.29, 1.82) is 0 Å². The summed E-state index contributed by atoms with van der Waals surface area (Å²) in [5.41, 5.74) is 1.01. The fourth-order valence-corrected chi connectivity index (χ4v) is 2.43. The Morgan fingerprint density at radius 2 is 2.00 bits per heavy atom. The topological polar surface area (TPSA) is 46.6 Å². The van der Waals surface area contributed by atoms with Gasteiger partial charge < -0.3 is 9.64 Å². The van der Waals surface area contributed by atoms with E-state index in [-0.39, 0.29) is 17.8 Å². The highest BCUT2D eigenvalue weighted by Gasteiger charge is 2.31. The molecule has 0 radical (unpaired) electrons. The number of hydrogen-bond donors (Lipinski definition) is 0. The zero-order valence-corrected chi connectivity index (χ0v) is 12.7. The maximum Gasteiger partial charge on any atom is 0.310 e. The van der Waals surface area contributed by atoms with Crippen molar-refractivity contribution in [1.82, 2.24) is 4.90 Å². The molecule has 21 heavy (non-hydrogen) atoms. The Morgan fingerprint density at radius 1 is 1.29 bits per heavy atom. The van der Waals surface area contributed by atoms with Crippen molar-refractivity contribution < 1.29 is 14.3 Å². The normalized spacial score (nSPS) is 18.0. The van der Waals surface area contributed by atoms with Crippen LogP contribution in [0.1, 0.15) is 25.8 Å². The molecule has 1 saturated heterocycles. The predicted molar refractivity (Wildman–Crippen MR) is 80.6 cm³/mol. The number of nitrogens with zero attached hydrogens (tertiary/aromatic N) is 1. The molecular weight excluding hydrogens is 266 g/mol. The number of likely N-dealkylation sites (tertiary alicyclic amines) is 1. The van der Waals surface area contributed by atoms with Gasteiger partial charge in [-0.05, 0) is 17.9 Å². The van der Waals surface area contributed by atoms with E-state index in [0.717, 1.165) is 5.56 Å². The Kier molecular flexibility index (Phi) is 5.37. The van der Waals surface area contributed by atoms with Crippen LogP contribution in [0.2, 0.25) is 0 Å². The third kappa shape index (κ3) is 4.59. The smallest absolute Gasteiger partial charge is 0.310 e. The number of esters is 1. The van der Waals surface area contributed by atoms with E-state index in [0.29, 0.717) is 38.5 Å². The first kappa shape index (κ1) is 15.5. The molecule has 0 aromatic heterocycles. The van der Waals surface area contributed by atoms with Crippen molar-refractivity contribution >= 4 is 11.9 Å². The van der Waals surface area contributed by atoms with Crippen LogP contribution in [0.25, 0.3) is 0 Å². The summed E-state index contributed by atoms with van der Waals surface area (Å²) < 4.78 is 5.26. The van der Waals surface area contributed by atoms with Crippen molar-refractivity contribution in [2.75, 3.05) is 19.7 Å². The van der Waals surface area contributed by atoms with Crippen LogP contribution in [0.4, 0.5) is 0 Å². The van der Waals surface area contributed by atoms with Crippen LogP contribution in [-0.4, -0.2) is 36.5 Å².